The molecule has 2 fully saturated rings. The Labute approximate surface area is 226 Å². The number of amides is 1. The van der Waals surface area contributed by atoms with Gasteiger partial charge in [0.2, 0.25) is 0 Å². The lowest BCUT2D eigenvalue weighted by Gasteiger charge is -2.40. The Bertz CT molecular complexity index is 1160. The molecule has 0 saturated carbocycles. The van der Waals surface area contributed by atoms with Crippen molar-refractivity contribution in [3.05, 3.63) is 64.5 Å². The zero-order valence-electron chi connectivity index (χ0n) is 23.2. The van der Waals surface area contributed by atoms with E-state index < -0.39 is 0 Å². The van der Waals surface area contributed by atoms with Crippen LogP contribution in [0.4, 0.5) is 10.1 Å². The van der Waals surface area contributed by atoms with Crippen LogP contribution in [-0.2, 0) is 24.4 Å². The first kappa shape index (κ1) is 27.1. The summed E-state index contributed by atoms with van der Waals surface area (Å²) in [7, 11) is 0. The van der Waals surface area contributed by atoms with Crippen molar-refractivity contribution in [1.82, 2.24) is 9.80 Å². The third kappa shape index (κ3) is 5.61. The number of ether oxygens (including phenoxy) is 1. The number of likely N-dealkylation sites (tertiary alicyclic amines) is 1. The number of carbonyl (C=O) groups excluding carboxylic acids is 1. The van der Waals surface area contributed by atoms with Crippen LogP contribution in [0.25, 0.3) is 0 Å². The van der Waals surface area contributed by atoms with Gasteiger partial charge in [-0.25, -0.2) is 4.39 Å². The Hall–Kier alpha value is -2.48. The van der Waals surface area contributed by atoms with Crippen molar-refractivity contribution in [3.63, 3.8) is 0 Å². The van der Waals surface area contributed by atoms with Gasteiger partial charge in [0, 0.05) is 67.7 Å². The maximum absolute atomic E-state index is 15.1. The van der Waals surface area contributed by atoms with Crippen molar-refractivity contribution in [2.45, 2.75) is 96.2 Å². The topological polar surface area (TPSA) is 70.8 Å². The molecule has 1 atom stereocenters. The summed E-state index contributed by atoms with van der Waals surface area (Å²) >= 11 is 0. The van der Waals surface area contributed by atoms with Gasteiger partial charge in [-0.05, 0) is 69.7 Å². The molecule has 3 heterocycles. The monoisotopic (exact) mass is 522 g/mol. The molecule has 3 aliphatic rings. The second-order valence-electron chi connectivity index (χ2n) is 12.0. The number of nitrogens with one attached hydrogen (secondary N) is 1. The smallest absolute Gasteiger partial charge is 0.254 e. The van der Waals surface area contributed by atoms with Crippen LogP contribution in [0.2, 0.25) is 0 Å². The molecule has 38 heavy (non-hydrogen) atoms. The quantitative estimate of drug-likeness (QED) is 0.459. The Balaban J connectivity index is 1.18. The van der Waals surface area contributed by atoms with Crippen LogP contribution in [0.15, 0.2) is 36.4 Å². The largest absolute Gasteiger partial charge is 0.381 e. The highest BCUT2D eigenvalue weighted by Crippen LogP contribution is 2.43. The molecule has 0 radical (unpaired) electrons. The molecule has 1 spiro atoms. The van der Waals surface area contributed by atoms with Crippen LogP contribution in [0.5, 0.6) is 0 Å². The Morgan fingerprint density at radius 1 is 1.13 bits per heavy atom. The summed E-state index contributed by atoms with van der Waals surface area (Å²) in [6, 6.07) is 11.4. The summed E-state index contributed by atoms with van der Waals surface area (Å²) in [5.74, 6) is -0.157. The van der Waals surface area contributed by atoms with Gasteiger partial charge in [0.15, 0.2) is 0 Å². The highest BCUT2D eigenvalue weighted by atomic mass is 19.1. The van der Waals surface area contributed by atoms with Crippen molar-refractivity contribution >= 4 is 11.6 Å². The number of rotatable bonds is 9. The number of hydrogen-bond donors (Lipinski definition) is 2. The number of nitrogens with two attached hydrogens (primary N) is 1. The fourth-order valence-electron chi connectivity index (χ4n) is 6.52. The molecule has 6 nitrogen and oxygen atoms in total. The molecule has 3 aliphatic heterocycles. The number of benzene rings is 2. The minimum atomic E-state index is -0.194. The molecule has 1 unspecified atom stereocenters. The summed E-state index contributed by atoms with van der Waals surface area (Å²) < 4.78 is 21.5. The zero-order valence-corrected chi connectivity index (χ0v) is 23.2. The third-order valence-corrected chi connectivity index (χ3v) is 8.77. The molecule has 2 aromatic carbocycles. The number of fused-ring (bicyclic) bond motifs is 1. The molecule has 5 rings (SSSR count). The summed E-state index contributed by atoms with van der Waals surface area (Å²) in [5.41, 5.74) is 10.2. The van der Waals surface area contributed by atoms with Crippen LogP contribution in [-0.4, -0.2) is 52.6 Å². The lowest BCUT2D eigenvalue weighted by Crippen LogP contribution is -2.44. The maximum Gasteiger partial charge on any atom is 0.254 e. The molecule has 0 aromatic heterocycles. The van der Waals surface area contributed by atoms with Gasteiger partial charge >= 0.3 is 0 Å². The number of piperidine rings is 1. The van der Waals surface area contributed by atoms with E-state index in [0.717, 1.165) is 80.5 Å². The van der Waals surface area contributed by atoms with E-state index in [2.05, 4.69) is 31.0 Å². The van der Waals surface area contributed by atoms with E-state index in [1.165, 1.54) is 0 Å². The van der Waals surface area contributed by atoms with Crippen molar-refractivity contribution < 1.29 is 13.9 Å². The summed E-state index contributed by atoms with van der Waals surface area (Å²) in [6.07, 6.45) is 6.24. The first-order chi connectivity index (χ1) is 18.2. The third-order valence-electron chi connectivity index (χ3n) is 8.77. The molecule has 7 heteroatoms. The predicted octanol–water partition coefficient (Wildman–Crippen LogP) is 5.44. The molecular formula is C31H43FN4O2. The van der Waals surface area contributed by atoms with Crippen LogP contribution < -0.4 is 11.1 Å². The SMILES string of the molecule is CCCC(CN)N1Cc2c(NCc3ccc(CN4CCC5(CC4)CCC(C)(C)O5)cc3F)cccc2C1=O. The molecule has 1 amide bonds. The molecule has 0 bridgehead atoms. The molecule has 2 saturated heterocycles. The van der Waals surface area contributed by atoms with Gasteiger partial charge < -0.3 is 20.7 Å². The summed E-state index contributed by atoms with van der Waals surface area (Å²) in [4.78, 5) is 17.3. The molecule has 0 aliphatic carbocycles. The predicted molar refractivity (Wildman–Crippen MR) is 149 cm³/mol. The van der Waals surface area contributed by atoms with Gasteiger partial charge in [-0.1, -0.05) is 31.5 Å². The summed E-state index contributed by atoms with van der Waals surface area (Å²) in [6.45, 7) is 10.6. The van der Waals surface area contributed by atoms with Gasteiger partial charge in [-0.15, -0.1) is 0 Å². The Morgan fingerprint density at radius 2 is 1.92 bits per heavy atom. The van der Waals surface area contributed by atoms with E-state index in [1.807, 2.05) is 35.2 Å². The zero-order chi connectivity index (χ0) is 26.9. The Morgan fingerprint density at radius 3 is 2.58 bits per heavy atom. The van der Waals surface area contributed by atoms with Crippen LogP contribution >= 0.6 is 0 Å². The van der Waals surface area contributed by atoms with E-state index in [4.69, 9.17) is 10.5 Å². The highest BCUT2D eigenvalue weighted by molar-refractivity contribution is 6.00. The number of carbonyl (C=O) groups is 1. The molecular weight excluding hydrogens is 479 g/mol. The lowest BCUT2D eigenvalue weighted by atomic mass is 9.88. The fraction of sp³-hybridized carbons (Fsp3) is 0.581. The van der Waals surface area contributed by atoms with Crippen LogP contribution in [0, 0.1) is 5.82 Å². The average molecular weight is 523 g/mol. The number of hydrogen-bond acceptors (Lipinski definition) is 5. The van der Waals surface area contributed by atoms with Gasteiger partial charge in [-0.2, -0.15) is 0 Å². The van der Waals surface area contributed by atoms with E-state index in [0.29, 0.717) is 25.2 Å². The van der Waals surface area contributed by atoms with Crippen LogP contribution in [0.3, 0.4) is 0 Å². The second kappa shape index (κ2) is 10.9. The minimum Gasteiger partial charge on any atom is -0.381 e. The molecule has 2 aromatic rings. The first-order valence-electron chi connectivity index (χ1n) is 14.3. The number of anilines is 1. The van der Waals surface area contributed by atoms with Crippen molar-refractivity contribution in [3.8, 4) is 0 Å². The number of halogens is 1. The Kier molecular flexibility index (Phi) is 7.81. The van der Waals surface area contributed by atoms with Gasteiger partial charge in [0.05, 0.1) is 11.2 Å². The average Bonchev–Trinajstić information content (AvgIpc) is 3.39. The summed E-state index contributed by atoms with van der Waals surface area (Å²) in [5, 5.41) is 3.39. The van der Waals surface area contributed by atoms with E-state index in [1.54, 1.807) is 6.07 Å². The normalized spacial score (nSPS) is 21.2. The standard InChI is InChI=1S/C31H43FN4O2/c1-4-6-24(18-33)36-21-26-25(29(36)37)7-5-8-28(26)34-19-23-10-9-22(17-27(23)32)20-35-15-13-31(14-16-35)12-11-30(2,3)38-31/h5,7-10,17,24,34H,4,6,11-16,18-21,33H2,1-3H3. The van der Waals surface area contributed by atoms with E-state index >= 15 is 4.39 Å². The fourth-order valence-corrected chi connectivity index (χ4v) is 6.52. The second-order valence-corrected chi connectivity index (χ2v) is 12.0. The first-order valence-corrected chi connectivity index (χ1v) is 14.3. The van der Waals surface area contributed by atoms with Crippen molar-refractivity contribution in [2.75, 3.05) is 25.0 Å². The van der Waals surface area contributed by atoms with Gasteiger partial charge in [0.1, 0.15) is 5.82 Å². The number of nitrogens with zero attached hydrogens (tertiary/aromatic N) is 2. The van der Waals surface area contributed by atoms with Gasteiger partial charge in [0.25, 0.3) is 5.91 Å². The van der Waals surface area contributed by atoms with Crippen molar-refractivity contribution in [2.24, 2.45) is 5.73 Å². The molecule has 206 valence electrons. The van der Waals surface area contributed by atoms with E-state index in [9.17, 15) is 4.79 Å². The minimum absolute atomic E-state index is 0.00809. The maximum atomic E-state index is 15.1. The highest BCUT2D eigenvalue weighted by Gasteiger charge is 2.45. The molecule has 3 N–H and O–H groups in total. The lowest BCUT2D eigenvalue weighted by molar-refractivity contribution is -0.113. The van der Waals surface area contributed by atoms with Gasteiger partial charge in [-0.3, -0.25) is 9.69 Å². The van der Waals surface area contributed by atoms with E-state index in [-0.39, 0.29) is 29.0 Å². The van der Waals surface area contributed by atoms with Crippen molar-refractivity contribution in [1.29, 1.82) is 0 Å². The van der Waals surface area contributed by atoms with Crippen LogP contribution in [0.1, 0.15) is 86.3 Å².